The van der Waals surface area contributed by atoms with E-state index in [1.54, 1.807) is 0 Å². The van der Waals surface area contributed by atoms with E-state index >= 15 is 0 Å². The zero-order valence-corrected chi connectivity index (χ0v) is 12.3. The summed E-state index contributed by atoms with van der Waals surface area (Å²) in [6, 6.07) is 0.266. The van der Waals surface area contributed by atoms with Crippen LogP contribution in [0.2, 0.25) is 0 Å². The number of amides is 1. The molecule has 3 N–H and O–H groups in total. The lowest BCUT2D eigenvalue weighted by atomic mass is 9.90. The van der Waals surface area contributed by atoms with Crippen molar-refractivity contribution in [3.63, 3.8) is 0 Å². The van der Waals surface area contributed by atoms with E-state index in [4.69, 9.17) is 5.73 Å². The van der Waals surface area contributed by atoms with Gasteiger partial charge in [-0.25, -0.2) is 0 Å². The van der Waals surface area contributed by atoms with E-state index in [1.165, 1.54) is 0 Å². The highest BCUT2D eigenvalue weighted by atomic mass is 16.2. The van der Waals surface area contributed by atoms with Gasteiger partial charge in [0.1, 0.15) is 0 Å². The zero-order valence-electron chi connectivity index (χ0n) is 12.3. The van der Waals surface area contributed by atoms with Gasteiger partial charge in [-0.1, -0.05) is 27.2 Å². The van der Waals surface area contributed by atoms with Crippen LogP contribution in [0.3, 0.4) is 0 Å². The predicted molar refractivity (Wildman–Crippen MR) is 75.3 cm³/mol. The first-order valence-electron chi connectivity index (χ1n) is 7.23. The van der Waals surface area contributed by atoms with Crippen molar-refractivity contribution in [3.05, 3.63) is 0 Å². The minimum atomic E-state index is -0.0368. The Morgan fingerprint density at radius 3 is 2.67 bits per heavy atom. The molecule has 18 heavy (non-hydrogen) atoms. The van der Waals surface area contributed by atoms with E-state index in [0.717, 1.165) is 32.5 Å². The lowest BCUT2D eigenvalue weighted by molar-refractivity contribution is -0.126. The second kappa shape index (κ2) is 7.10. The summed E-state index contributed by atoms with van der Waals surface area (Å²) in [5.41, 5.74) is 6.10. The van der Waals surface area contributed by atoms with Gasteiger partial charge in [-0.05, 0) is 25.2 Å². The highest BCUT2D eigenvalue weighted by Gasteiger charge is 2.30. The van der Waals surface area contributed by atoms with Crippen molar-refractivity contribution in [1.82, 2.24) is 10.2 Å². The Morgan fingerprint density at radius 1 is 1.44 bits per heavy atom. The Hall–Kier alpha value is -0.610. The lowest BCUT2D eigenvalue weighted by Crippen LogP contribution is -2.54. The topological polar surface area (TPSA) is 58.4 Å². The van der Waals surface area contributed by atoms with E-state index in [-0.39, 0.29) is 11.9 Å². The van der Waals surface area contributed by atoms with Crippen molar-refractivity contribution in [3.8, 4) is 0 Å². The molecular weight excluding hydrogens is 226 g/mol. The summed E-state index contributed by atoms with van der Waals surface area (Å²) in [5, 5.41) is 3.01. The van der Waals surface area contributed by atoms with Crippen LogP contribution in [-0.2, 0) is 4.79 Å². The number of hydrogen-bond donors (Lipinski definition) is 2. The normalized spacial score (nSPS) is 27.2. The van der Waals surface area contributed by atoms with Gasteiger partial charge in [0.15, 0.2) is 0 Å². The molecule has 3 atom stereocenters. The van der Waals surface area contributed by atoms with Crippen molar-refractivity contribution in [2.75, 3.05) is 19.6 Å². The van der Waals surface area contributed by atoms with Gasteiger partial charge in [0.25, 0.3) is 0 Å². The molecule has 0 aliphatic carbocycles. The van der Waals surface area contributed by atoms with Crippen molar-refractivity contribution in [2.45, 2.75) is 52.6 Å². The molecule has 1 amide bonds. The van der Waals surface area contributed by atoms with Crippen molar-refractivity contribution in [2.24, 2.45) is 17.6 Å². The highest BCUT2D eigenvalue weighted by molar-refractivity contribution is 5.81. The lowest BCUT2D eigenvalue weighted by Gasteiger charge is -2.39. The molecule has 4 nitrogen and oxygen atoms in total. The van der Waals surface area contributed by atoms with Crippen LogP contribution >= 0.6 is 0 Å². The summed E-state index contributed by atoms with van der Waals surface area (Å²) in [4.78, 5) is 14.3. The third-order valence-corrected chi connectivity index (χ3v) is 3.96. The fourth-order valence-electron chi connectivity index (χ4n) is 2.48. The monoisotopic (exact) mass is 255 g/mol. The fraction of sp³-hybridized carbons (Fsp3) is 0.929. The molecule has 1 aliphatic rings. The summed E-state index contributed by atoms with van der Waals surface area (Å²) in [5.74, 6) is 1.17. The Bertz CT molecular complexity index is 268. The number of nitrogens with zero attached hydrogens (tertiary/aromatic N) is 1. The number of rotatable bonds is 5. The number of carbonyl (C=O) groups excluding carboxylic acids is 1. The van der Waals surface area contributed by atoms with Crippen molar-refractivity contribution >= 4 is 5.91 Å². The van der Waals surface area contributed by atoms with E-state index < -0.39 is 0 Å². The number of hydrogen-bond acceptors (Lipinski definition) is 3. The van der Waals surface area contributed by atoms with Gasteiger partial charge in [0.2, 0.25) is 5.91 Å². The molecule has 0 aromatic heterocycles. The third kappa shape index (κ3) is 4.25. The van der Waals surface area contributed by atoms with Crippen LogP contribution in [0, 0.1) is 11.8 Å². The standard InChI is InChI=1S/C14H29N3O/c1-5-12-9-17(7-6-13(12)15)11(4)14(18)16-8-10(2)3/h10-13H,5-9,15H2,1-4H3,(H,16,18). The maximum atomic E-state index is 12.0. The summed E-state index contributed by atoms with van der Waals surface area (Å²) in [6.07, 6.45) is 2.10. The number of nitrogens with two attached hydrogens (primary N) is 1. The molecule has 0 spiro atoms. The Kier molecular flexibility index (Phi) is 6.09. The largest absolute Gasteiger partial charge is 0.354 e. The van der Waals surface area contributed by atoms with Crippen LogP contribution in [0.15, 0.2) is 0 Å². The molecule has 4 heteroatoms. The first-order chi connectivity index (χ1) is 8.45. The fourth-order valence-corrected chi connectivity index (χ4v) is 2.48. The molecule has 106 valence electrons. The minimum Gasteiger partial charge on any atom is -0.354 e. The zero-order chi connectivity index (χ0) is 13.7. The molecule has 0 bridgehead atoms. The maximum absolute atomic E-state index is 12.0. The predicted octanol–water partition coefficient (Wildman–Crippen LogP) is 1.21. The quantitative estimate of drug-likeness (QED) is 0.776. The molecule has 1 rings (SSSR count). The smallest absolute Gasteiger partial charge is 0.237 e. The molecule has 3 unspecified atom stereocenters. The average Bonchev–Trinajstić information content (AvgIpc) is 2.35. The van der Waals surface area contributed by atoms with Gasteiger partial charge >= 0.3 is 0 Å². The summed E-state index contributed by atoms with van der Waals surface area (Å²) in [7, 11) is 0. The van der Waals surface area contributed by atoms with Gasteiger partial charge in [-0.2, -0.15) is 0 Å². The van der Waals surface area contributed by atoms with Gasteiger partial charge in [-0.15, -0.1) is 0 Å². The van der Waals surface area contributed by atoms with Crippen molar-refractivity contribution in [1.29, 1.82) is 0 Å². The van der Waals surface area contributed by atoms with E-state index in [2.05, 4.69) is 31.0 Å². The van der Waals surface area contributed by atoms with Crippen LogP contribution < -0.4 is 11.1 Å². The number of carbonyl (C=O) groups is 1. The van der Waals surface area contributed by atoms with Crippen molar-refractivity contribution < 1.29 is 4.79 Å². The molecule has 1 aliphatic heterocycles. The minimum absolute atomic E-state index is 0.0368. The average molecular weight is 255 g/mol. The molecule has 1 saturated heterocycles. The summed E-state index contributed by atoms with van der Waals surface area (Å²) in [6.45, 7) is 11.0. The Labute approximate surface area is 111 Å². The SMILES string of the molecule is CCC1CN(C(C)C(=O)NCC(C)C)CCC1N. The maximum Gasteiger partial charge on any atom is 0.237 e. The van der Waals surface area contributed by atoms with Crippen LogP contribution in [0.1, 0.15) is 40.5 Å². The Balaban J connectivity index is 2.46. The first-order valence-corrected chi connectivity index (χ1v) is 7.23. The molecule has 0 aromatic carbocycles. The van der Waals surface area contributed by atoms with E-state index in [1.807, 2.05) is 6.92 Å². The Morgan fingerprint density at radius 2 is 2.11 bits per heavy atom. The van der Waals surface area contributed by atoms with Crippen LogP contribution in [-0.4, -0.2) is 42.5 Å². The van der Waals surface area contributed by atoms with Crippen LogP contribution in [0.4, 0.5) is 0 Å². The second-order valence-corrected chi connectivity index (χ2v) is 5.93. The van der Waals surface area contributed by atoms with Crippen LogP contribution in [0.5, 0.6) is 0 Å². The molecule has 1 fully saturated rings. The highest BCUT2D eigenvalue weighted by Crippen LogP contribution is 2.20. The first kappa shape index (κ1) is 15.4. The van der Waals surface area contributed by atoms with Gasteiger partial charge in [0, 0.05) is 25.7 Å². The second-order valence-electron chi connectivity index (χ2n) is 5.93. The van der Waals surface area contributed by atoms with Gasteiger partial charge in [0.05, 0.1) is 6.04 Å². The molecular formula is C14H29N3O. The molecule has 0 radical (unpaired) electrons. The number of nitrogens with one attached hydrogen (secondary N) is 1. The van der Waals surface area contributed by atoms with Gasteiger partial charge in [-0.3, -0.25) is 9.69 Å². The molecule has 0 saturated carbocycles. The number of piperidine rings is 1. The van der Waals surface area contributed by atoms with Crippen LogP contribution in [0.25, 0.3) is 0 Å². The summed E-state index contributed by atoms with van der Waals surface area (Å²) < 4.78 is 0. The third-order valence-electron chi connectivity index (χ3n) is 3.96. The number of likely N-dealkylation sites (tertiary alicyclic amines) is 1. The van der Waals surface area contributed by atoms with Gasteiger partial charge < -0.3 is 11.1 Å². The molecule has 1 heterocycles. The molecule has 0 aromatic rings. The van der Waals surface area contributed by atoms with E-state index in [0.29, 0.717) is 17.9 Å². The van der Waals surface area contributed by atoms with E-state index in [9.17, 15) is 4.79 Å². The summed E-state index contributed by atoms with van der Waals surface area (Å²) >= 11 is 0.